The number of aliphatic hydroxyl groups is 1. The summed E-state index contributed by atoms with van der Waals surface area (Å²) in [4.78, 5) is 24.9. The maximum Gasteiger partial charge on any atom is 0.339 e. The number of hydrogen-bond donors (Lipinski definition) is 1. The van der Waals surface area contributed by atoms with Gasteiger partial charge in [-0.05, 0) is 24.7 Å². The van der Waals surface area contributed by atoms with Gasteiger partial charge in [-0.1, -0.05) is 20.8 Å². The van der Waals surface area contributed by atoms with Gasteiger partial charge in [0, 0.05) is 6.42 Å². The second-order valence-electron chi connectivity index (χ2n) is 8.91. The maximum absolute atomic E-state index is 12.7. The quantitative estimate of drug-likeness (QED) is 0.669. The molecule has 3 aliphatic heterocycles. The highest BCUT2D eigenvalue weighted by Gasteiger charge is 2.96. The predicted molar refractivity (Wildman–Crippen MR) is 76.2 cm³/mol. The van der Waals surface area contributed by atoms with Crippen LogP contribution in [0.2, 0.25) is 0 Å². The lowest BCUT2D eigenvalue weighted by Gasteiger charge is -2.49. The molecule has 6 heteroatoms. The Bertz CT molecular complexity index is 652. The third-order valence-electron chi connectivity index (χ3n) is 7.63. The summed E-state index contributed by atoms with van der Waals surface area (Å²) in [6.07, 6.45) is 1.14. The number of carbonyl (C=O) groups is 2. The van der Waals surface area contributed by atoms with E-state index in [9.17, 15) is 14.7 Å². The van der Waals surface area contributed by atoms with E-state index in [2.05, 4.69) is 0 Å². The van der Waals surface area contributed by atoms with Gasteiger partial charge in [-0.15, -0.1) is 0 Å². The van der Waals surface area contributed by atoms with Crippen molar-refractivity contribution < 1.29 is 28.9 Å². The van der Waals surface area contributed by atoms with Crippen LogP contribution in [0.3, 0.4) is 0 Å². The van der Waals surface area contributed by atoms with Gasteiger partial charge in [-0.2, -0.15) is 0 Å². The van der Waals surface area contributed by atoms with Crippen LogP contribution in [0.4, 0.5) is 0 Å². The van der Waals surface area contributed by atoms with Crippen molar-refractivity contribution in [3.05, 3.63) is 0 Å². The van der Waals surface area contributed by atoms with E-state index >= 15 is 0 Å². The lowest BCUT2D eigenvalue weighted by atomic mass is 9.52. The van der Waals surface area contributed by atoms with Crippen LogP contribution in [0.1, 0.15) is 46.5 Å². The molecule has 0 radical (unpaired) electrons. The fraction of sp³-hybridized carbons (Fsp3) is 0.882. The monoisotopic (exact) mass is 322 g/mol. The molecule has 5 aliphatic rings. The molecule has 3 heterocycles. The first-order valence-corrected chi connectivity index (χ1v) is 8.45. The Morgan fingerprint density at radius 2 is 1.91 bits per heavy atom. The summed E-state index contributed by atoms with van der Waals surface area (Å²) >= 11 is 0. The third kappa shape index (κ3) is 1.01. The molecule has 126 valence electrons. The third-order valence-corrected chi connectivity index (χ3v) is 7.63. The van der Waals surface area contributed by atoms with Crippen molar-refractivity contribution in [2.24, 2.45) is 16.2 Å². The summed E-state index contributed by atoms with van der Waals surface area (Å²) in [5.41, 5.74) is -3.73. The number of aliphatic hydroxyl groups excluding tert-OH is 1. The molecular formula is C17H22O6. The second-order valence-corrected chi connectivity index (χ2v) is 8.91. The summed E-state index contributed by atoms with van der Waals surface area (Å²) in [5.74, 6) is -0.908. The van der Waals surface area contributed by atoms with Crippen LogP contribution in [0.5, 0.6) is 0 Å². The molecule has 3 saturated heterocycles. The summed E-state index contributed by atoms with van der Waals surface area (Å²) in [6.45, 7) is 6.25. The zero-order valence-electron chi connectivity index (χ0n) is 13.7. The topological polar surface area (TPSA) is 82.1 Å². The number of ether oxygens (including phenoxy) is 3. The molecule has 5 rings (SSSR count). The Labute approximate surface area is 134 Å². The van der Waals surface area contributed by atoms with Crippen LogP contribution in [0.15, 0.2) is 0 Å². The SMILES string of the molecule is CC(C)(C)[C@@]12C[C@H]3OC(=O)[C@@]4(CCCC34C13COC(=O)[C@H]3O)O2. The molecule has 5 fully saturated rings. The molecule has 6 nitrogen and oxygen atoms in total. The van der Waals surface area contributed by atoms with Crippen molar-refractivity contribution in [1.29, 1.82) is 0 Å². The first-order chi connectivity index (χ1) is 10.7. The predicted octanol–water partition coefficient (Wildman–Crippen LogP) is 0.944. The lowest BCUT2D eigenvalue weighted by molar-refractivity contribution is -0.200. The van der Waals surface area contributed by atoms with Crippen molar-refractivity contribution in [3.8, 4) is 0 Å². The number of rotatable bonds is 0. The molecule has 0 aromatic rings. The van der Waals surface area contributed by atoms with Gasteiger partial charge in [0.25, 0.3) is 0 Å². The van der Waals surface area contributed by atoms with Gasteiger partial charge in [-0.25, -0.2) is 9.59 Å². The van der Waals surface area contributed by atoms with Gasteiger partial charge in [-0.3, -0.25) is 0 Å². The van der Waals surface area contributed by atoms with E-state index < -0.39 is 34.1 Å². The highest BCUT2D eigenvalue weighted by molar-refractivity contribution is 5.89. The Morgan fingerprint density at radius 1 is 1.17 bits per heavy atom. The normalized spacial score (nSPS) is 56.3. The van der Waals surface area contributed by atoms with E-state index in [-0.39, 0.29) is 24.1 Å². The average Bonchev–Trinajstić information content (AvgIpc) is 3.12. The van der Waals surface area contributed by atoms with Gasteiger partial charge in [0.2, 0.25) is 0 Å². The summed E-state index contributed by atoms with van der Waals surface area (Å²) in [6, 6.07) is 0. The summed E-state index contributed by atoms with van der Waals surface area (Å²) < 4.78 is 17.7. The van der Waals surface area contributed by atoms with Gasteiger partial charge >= 0.3 is 11.9 Å². The molecule has 2 unspecified atom stereocenters. The van der Waals surface area contributed by atoms with Crippen molar-refractivity contribution in [2.45, 2.75) is 69.9 Å². The fourth-order valence-electron chi connectivity index (χ4n) is 6.96. The van der Waals surface area contributed by atoms with E-state index in [1.807, 2.05) is 20.8 Å². The molecule has 2 saturated carbocycles. The van der Waals surface area contributed by atoms with Crippen LogP contribution >= 0.6 is 0 Å². The molecular weight excluding hydrogens is 300 g/mol. The van der Waals surface area contributed by atoms with Gasteiger partial charge in [0.1, 0.15) is 12.7 Å². The molecule has 23 heavy (non-hydrogen) atoms. The molecule has 2 bridgehead atoms. The molecule has 2 aliphatic carbocycles. The van der Waals surface area contributed by atoms with Gasteiger partial charge in [0.05, 0.1) is 16.4 Å². The Balaban J connectivity index is 1.86. The molecule has 0 aromatic heterocycles. The lowest BCUT2D eigenvalue weighted by Crippen LogP contribution is -2.60. The Morgan fingerprint density at radius 3 is 2.52 bits per heavy atom. The molecule has 1 N–H and O–H groups in total. The van der Waals surface area contributed by atoms with Crippen molar-refractivity contribution in [3.63, 3.8) is 0 Å². The Kier molecular flexibility index (Phi) is 2.13. The van der Waals surface area contributed by atoms with Gasteiger partial charge < -0.3 is 19.3 Å². The van der Waals surface area contributed by atoms with Crippen LogP contribution < -0.4 is 0 Å². The zero-order chi connectivity index (χ0) is 16.5. The van der Waals surface area contributed by atoms with E-state index in [4.69, 9.17) is 14.2 Å². The highest BCUT2D eigenvalue weighted by atomic mass is 16.6. The van der Waals surface area contributed by atoms with Crippen LogP contribution in [0.25, 0.3) is 0 Å². The summed E-state index contributed by atoms with van der Waals surface area (Å²) in [5, 5.41) is 10.9. The van der Waals surface area contributed by atoms with E-state index in [0.717, 1.165) is 12.8 Å². The minimum atomic E-state index is -1.26. The first-order valence-electron chi connectivity index (χ1n) is 8.45. The van der Waals surface area contributed by atoms with E-state index in [1.54, 1.807) is 0 Å². The van der Waals surface area contributed by atoms with E-state index in [0.29, 0.717) is 12.8 Å². The van der Waals surface area contributed by atoms with Crippen molar-refractivity contribution in [1.82, 2.24) is 0 Å². The van der Waals surface area contributed by atoms with Crippen molar-refractivity contribution in [2.75, 3.05) is 6.61 Å². The highest BCUT2D eigenvalue weighted by Crippen LogP contribution is 2.84. The Hall–Kier alpha value is -1.14. The number of esters is 2. The summed E-state index contributed by atoms with van der Waals surface area (Å²) in [7, 11) is 0. The molecule has 0 amide bonds. The van der Waals surface area contributed by atoms with Crippen LogP contribution in [0, 0.1) is 16.2 Å². The molecule has 6 atom stereocenters. The zero-order valence-corrected chi connectivity index (χ0v) is 13.7. The number of hydrogen-bond acceptors (Lipinski definition) is 6. The van der Waals surface area contributed by atoms with Gasteiger partial charge in [0.15, 0.2) is 11.7 Å². The van der Waals surface area contributed by atoms with E-state index in [1.165, 1.54) is 0 Å². The smallest absolute Gasteiger partial charge is 0.339 e. The van der Waals surface area contributed by atoms with Crippen molar-refractivity contribution >= 4 is 11.9 Å². The number of cyclic esters (lactones) is 1. The minimum absolute atomic E-state index is 0.110. The minimum Gasteiger partial charge on any atom is -0.463 e. The maximum atomic E-state index is 12.7. The van der Waals surface area contributed by atoms with Crippen LogP contribution in [-0.2, 0) is 23.8 Å². The fourth-order valence-corrected chi connectivity index (χ4v) is 6.96. The van der Waals surface area contributed by atoms with Crippen LogP contribution in [-0.4, -0.2) is 47.1 Å². The standard InChI is InChI=1S/C17H22O6/c1-13(2,3)17-7-9-14(15(17)8-21-11(19)10(15)18)5-4-6-16(14,23-17)12(20)22-9/h9-10,18H,4-8H2,1-3H3/t9-,10-,14?,15?,16-,17+/m1/s1. The second kappa shape index (κ2) is 3.45. The molecule has 2 spiro atoms. The number of carbonyl (C=O) groups excluding carboxylic acids is 2. The average molecular weight is 322 g/mol. The first kappa shape index (κ1) is 14.2. The largest absolute Gasteiger partial charge is 0.463 e. The molecule has 0 aromatic carbocycles.